The lowest BCUT2D eigenvalue weighted by molar-refractivity contribution is 0.0495. The van der Waals surface area contributed by atoms with Gasteiger partial charge in [-0.3, -0.25) is 10.2 Å². The molecule has 0 aromatic heterocycles. The topological polar surface area (TPSA) is 102 Å². The van der Waals surface area contributed by atoms with Crippen molar-refractivity contribution in [1.29, 1.82) is 0 Å². The number of para-hydroxylation sites is 1. The second-order valence-corrected chi connectivity index (χ2v) is 4.02. The second-order valence-electron chi connectivity index (χ2n) is 4.02. The summed E-state index contributed by atoms with van der Waals surface area (Å²) < 4.78 is 5.02. The van der Waals surface area contributed by atoms with Crippen molar-refractivity contribution in [3.05, 3.63) is 29.3 Å². The molecule has 1 amide bonds. The van der Waals surface area contributed by atoms with Gasteiger partial charge in [0.15, 0.2) is 0 Å². The lowest BCUT2D eigenvalue weighted by atomic mass is 10.1. The Hall–Kier alpha value is -2.08. The number of phenols is 1. The quantitative estimate of drug-likeness (QED) is 0.237. The highest BCUT2D eigenvalue weighted by molar-refractivity contribution is 6.01. The Morgan fingerprint density at radius 3 is 2.63 bits per heavy atom. The van der Waals surface area contributed by atoms with E-state index in [9.17, 15) is 14.7 Å². The van der Waals surface area contributed by atoms with Crippen molar-refractivity contribution in [2.75, 3.05) is 6.61 Å². The van der Waals surface area contributed by atoms with E-state index in [4.69, 9.17) is 10.6 Å². The summed E-state index contributed by atoms with van der Waals surface area (Å²) in [5.74, 6) is 3.24. The van der Waals surface area contributed by atoms with Gasteiger partial charge in [0.25, 0.3) is 5.91 Å². The fourth-order valence-corrected chi connectivity index (χ4v) is 1.56. The Labute approximate surface area is 111 Å². The Balaban J connectivity index is 2.77. The fraction of sp³-hybridized carbons (Fsp3) is 0.385. The number of phenolic OH excluding ortho intramolecular Hbond substituents is 1. The number of aromatic hydroxyl groups is 1. The summed E-state index contributed by atoms with van der Waals surface area (Å²) >= 11 is 0. The summed E-state index contributed by atoms with van der Waals surface area (Å²) in [5, 5.41) is 9.85. The number of nitrogens with one attached hydrogen (secondary N) is 1. The number of unbranched alkanes of at least 4 members (excludes halogenated alkanes) is 2. The Bertz CT molecular complexity index is 460. The fourth-order valence-electron chi connectivity index (χ4n) is 1.56. The van der Waals surface area contributed by atoms with Crippen LogP contribution in [0, 0.1) is 0 Å². The Morgan fingerprint density at radius 1 is 1.32 bits per heavy atom. The number of carbonyl (C=O) groups excluding carboxylic acids is 2. The molecule has 0 spiro atoms. The van der Waals surface area contributed by atoms with Crippen molar-refractivity contribution in [1.82, 2.24) is 5.43 Å². The van der Waals surface area contributed by atoms with Crippen LogP contribution in [0.5, 0.6) is 5.75 Å². The number of hydrogen-bond donors (Lipinski definition) is 3. The molecule has 0 fully saturated rings. The van der Waals surface area contributed by atoms with Crippen LogP contribution in [0.15, 0.2) is 18.2 Å². The number of ether oxygens (including phenoxy) is 1. The third kappa shape index (κ3) is 3.96. The molecule has 0 saturated carbocycles. The van der Waals surface area contributed by atoms with Crippen LogP contribution < -0.4 is 11.3 Å². The molecule has 0 aliphatic rings. The van der Waals surface area contributed by atoms with E-state index in [2.05, 4.69) is 0 Å². The molecule has 0 saturated heterocycles. The Kier molecular flexibility index (Phi) is 5.81. The number of nitrogens with two attached hydrogens (primary N) is 1. The van der Waals surface area contributed by atoms with Crippen LogP contribution in [0.25, 0.3) is 0 Å². The average molecular weight is 266 g/mol. The van der Waals surface area contributed by atoms with Gasteiger partial charge in [-0.25, -0.2) is 10.6 Å². The molecule has 1 aromatic carbocycles. The molecule has 19 heavy (non-hydrogen) atoms. The van der Waals surface area contributed by atoms with Crippen molar-refractivity contribution < 1.29 is 19.4 Å². The molecule has 6 nitrogen and oxygen atoms in total. The lowest BCUT2D eigenvalue weighted by Gasteiger charge is -2.08. The van der Waals surface area contributed by atoms with E-state index in [0.717, 1.165) is 19.3 Å². The summed E-state index contributed by atoms with van der Waals surface area (Å²) in [6.07, 6.45) is 2.76. The minimum atomic E-state index is -0.668. The zero-order valence-corrected chi connectivity index (χ0v) is 10.8. The number of amides is 1. The number of rotatable bonds is 6. The molecule has 0 radical (unpaired) electrons. The Morgan fingerprint density at radius 2 is 2.00 bits per heavy atom. The predicted octanol–water partition coefficient (Wildman–Crippen LogP) is 1.34. The highest BCUT2D eigenvalue weighted by atomic mass is 16.5. The van der Waals surface area contributed by atoms with E-state index in [-0.39, 0.29) is 11.1 Å². The van der Waals surface area contributed by atoms with Crippen LogP contribution in [0.2, 0.25) is 0 Å². The summed E-state index contributed by atoms with van der Waals surface area (Å²) in [5.41, 5.74) is 1.79. The molecule has 104 valence electrons. The third-order valence-electron chi connectivity index (χ3n) is 2.61. The van der Waals surface area contributed by atoms with E-state index < -0.39 is 17.6 Å². The van der Waals surface area contributed by atoms with E-state index in [1.807, 2.05) is 12.3 Å². The summed E-state index contributed by atoms with van der Waals surface area (Å²) in [6, 6.07) is 4.24. The molecule has 0 bridgehead atoms. The van der Waals surface area contributed by atoms with Crippen molar-refractivity contribution >= 4 is 11.9 Å². The van der Waals surface area contributed by atoms with Crippen LogP contribution in [0.3, 0.4) is 0 Å². The minimum Gasteiger partial charge on any atom is -0.506 e. The van der Waals surface area contributed by atoms with Gasteiger partial charge in [0.05, 0.1) is 12.2 Å². The largest absolute Gasteiger partial charge is 0.506 e. The molecule has 1 rings (SSSR count). The molecular weight excluding hydrogens is 248 g/mol. The first kappa shape index (κ1) is 15.0. The number of hydrazine groups is 1. The molecule has 4 N–H and O–H groups in total. The number of hydrogen-bond acceptors (Lipinski definition) is 5. The maximum absolute atomic E-state index is 11.7. The summed E-state index contributed by atoms with van der Waals surface area (Å²) in [4.78, 5) is 23.1. The minimum absolute atomic E-state index is 0.0439. The predicted molar refractivity (Wildman–Crippen MR) is 69.6 cm³/mol. The zero-order chi connectivity index (χ0) is 14.3. The van der Waals surface area contributed by atoms with Crippen LogP contribution in [-0.4, -0.2) is 23.6 Å². The van der Waals surface area contributed by atoms with Crippen LogP contribution in [-0.2, 0) is 4.74 Å². The van der Waals surface area contributed by atoms with E-state index in [0.29, 0.717) is 6.61 Å². The van der Waals surface area contributed by atoms with Gasteiger partial charge in [-0.2, -0.15) is 0 Å². The van der Waals surface area contributed by atoms with Gasteiger partial charge >= 0.3 is 5.97 Å². The van der Waals surface area contributed by atoms with Gasteiger partial charge in [-0.15, -0.1) is 0 Å². The van der Waals surface area contributed by atoms with Gasteiger partial charge in [0.2, 0.25) is 0 Å². The van der Waals surface area contributed by atoms with E-state index >= 15 is 0 Å². The summed E-state index contributed by atoms with van der Waals surface area (Å²) in [6.45, 7) is 2.34. The highest BCUT2D eigenvalue weighted by Gasteiger charge is 2.18. The third-order valence-corrected chi connectivity index (χ3v) is 2.61. The first-order valence-corrected chi connectivity index (χ1v) is 6.11. The van der Waals surface area contributed by atoms with Crippen LogP contribution in [0.1, 0.15) is 46.9 Å². The average Bonchev–Trinajstić information content (AvgIpc) is 2.42. The van der Waals surface area contributed by atoms with Gasteiger partial charge < -0.3 is 9.84 Å². The van der Waals surface area contributed by atoms with E-state index in [1.165, 1.54) is 18.2 Å². The normalized spacial score (nSPS) is 10.0. The molecule has 0 atom stereocenters. The molecule has 0 aliphatic heterocycles. The maximum atomic E-state index is 11.7. The first-order valence-electron chi connectivity index (χ1n) is 6.11. The van der Waals surface area contributed by atoms with Crippen LogP contribution in [0.4, 0.5) is 0 Å². The molecule has 1 aromatic rings. The molecule has 0 unspecified atom stereocenters. The highest BCUT2D eigenvalue weighted by Crippen LogP contribution is 2.23. The SMILES string of the molecule is CCCCCOC(=O)c1cccc(C(=O)NN)c1O. The second kappa shape index (κ2) is 7.38. The van der Waals surface area contributed by atoms with Gasteiger partial charge in [-0.05, 0) is 18.6 Å². The summed E-state index contributed by atoms with van der Waals surface area (Å²) in [7, 11) is 0. The smallest absolute Gasteiger partial charge is 0.341 e. The maximum Gasteiger partial charge on any atom is 0.341 e. The van der Waals surface area contributed by atoms with Crippen molar-refractivity contribution in [3.63, 3.8) is 0 Å². The van der Waals surface area contributed by atoms with Crippen molar-refractivity contribution in [2.24, 2.45) is 5.84 Å². The van der Waals surface area contributed by atoms with Crippen molar-refractivity contribution in [2.45, 2.75) is 26.2 Å². The molecule has 6 heteroatoms. The first-order chi connectivity index (χ1) is 9.11. The van der Waals surface area contributed by atoms with Gasteiger partial charge in [-0.1, -0.05) is 25.8 Å². The van der Waals surface area contributed by atoms with Crippen molar-refractivity contribution in [3.8, 4) is 5.75 Å². The number of nitrogen functional groups attached to an aromatic ring is 1. The number of carbonyl (C=O) groups is 2. The molecule has 0 heterocycles. The standard InChI is InChI=1S/C13H18N2O4/c1-2-3-4-8-19-13(18)10-7-5-6-9(11(10)16)12(17)15-14/h5-7,16H,2-4,8,14H2,1H3,(H,15,17). The van der Waals surface area contributed by atoms with Gasteiger partial charge in [0.1, 0.15) is 11.3 Å². The monoisotopic (exact) mass is 266 g/mol. The van der Waals surface area contributed by atoms with Crippen LogP contribution >= 0.6 is 0 Å². The molecule has 0 aliphatic carbocycles. The number of esters is 1. The molecular formula is C13H18N2O4. The van der Waals surface area contributed by atoms with E-state index in [1.54, 1.807) is 0 Å². The lowest BCUT2D eigenvalue weighted by Crippen LogP contribution is -2.30. The zero-order valence-electron chi connectivity index (χ0n) is 10.8. The van der Waals surface area contributed by atoms with Gasteiger partial charge in [0, 0.05) is 0 Å². The number of benzene rings is 1.